The van der Waals surface area contributed by atoms with Gasteiger partial charge in [0, 0.05) is 23.0 Å². The number of nitrogens with one attached hydrogen (secondary N) is 2. The van der Waals surface area contributed by atoms with Gasteiger partial charge in [0.1, 0.15) is 0 Å². The summed E-state index contributed by atoms with van der Waals surface area (Å²) in [5.41, 5.74) is 2.13. The molecule has 2 aromatic rings. The van der Waals surface area contributed by atoms with E-state index in [1.807, 2.05) is 0 Å². The molecule has 19 heavy (non-hydrogen) atoms. The number of nitro benzene ring substituents is 1. The van der Waals surface area contributed by atoms with Crippen LogP contribution in [-0.2, 0) is 0 Å². The Morgan fingerprint density at radius 1 is 1.42 bits per heavy atom. The molecule has 0 unspecified atom stereocenters. The average molecular weight is 260 g/mol. The van der Waals surface area contributed by atoms with E-state index in [1.54, 1.807) is 19.9 Å². The number of amides is 1. The molecule has 0 aliphatic carbocycles. The third-order valence-corrected chi connectivity index (χ3v) is 2.73. The number of benzene rings is 1. The third kappa shape index (κ3) is 2.59. The molecule has 2 rings (SSSR count). The van der Waals surface area contributed by atoms with Gasteiger partial charge in [-0.2, -0.15) is 5.10 Å². The average Bonchev–Trinajstić information content (AvgIpc) is 2.75. The molecule has 1 amide bonds. The van der Waals surface area contributed by atoms with Crippen molar-refractivity contribution in [2.45, 2.75) is 13.8 Å². The van der Waals surface area contributed by atoms with E-state index in [2.05, 4.69) is 15.5 Å². The maximum atomic E-state index is 11.9. The Morgan fingerprint density at radius 2 is 2.16 bits per heavy atom. The van der Waals surface area contributed by atoms with Crippen LogP contribution >= 0.6 is 0 Å². The second-order valence-corrected chi connectivity index (χ2v) is 4.12. The lowest BCUT2D eigenvalue weighted by Crippen LogP contribution is -2.12. The minimum atomic E-state index is -0.457. The van der Waals surface area contributed by atoms with Gasteiger partial charge in [-0.15, -0.1) is 0 Å². The Kier molecular flexibility index (Phi) is 3.28. The molecule has 0 spiro atoms. The first kappa shape index (κ1) is 12.7. The predicted octanol–water partition coefficient (Wildman–Crippen LogP) is 2.19. The van der Waals surface area contributed by atoms with Gasteiger partial charge >= 0.3 is 0 Å². The lowest BCUT2D eigenvalue weighted by atomic mass is 10.1. The molecule has 0 fully saturated rings. The van der Waals surface area contributed by atoms with Gasteiger partial charge in [0.25, 0.3) is 11.6 Å². The number of hydrogen-bond acceptors (Lipinski definition) is 4. The molecule has 0 saturated carbocycles. The van der Waals surface area contributed by atoms with Gasteiger partial charge < -0.3 is 5.32 Å². The monoisotopic (exact) mass is 260 g/mol. The molecule has 0 saturated heterocycles. The number of hydrogen-bond donors (Lipinski definition) is 2. The summed E-state index contributed by atoms with van der Waals surface area (Å²) in [5.74, 6) is -0.306. The maximum Gasteiger partial charge on any atom is 0.272 e. The highest BCUT2D eigenvalue weighted by Gasteiger charge is 2.14. The second-order valence-electron chi connectivity index (χ2n) is 4.12. The Morgan fingerprint density at radius 3 is 2.68 bits per heavy atom. The van der Waals surface area contributed by atoms with Crippen LogP contribution in [0.4, 0.5) is 11.4 Å². The minimum Gasteiger partial charge on any atom is -0.322 e. The summed E-state index contributed by atoms with van der Waals surface area (Å²) in [5, 5.41) is 19.8. The molecule has 1 heterocycles. The SMILES string of the molecule is Cc1cc(NC(=O)c2cn[nH]c2C)ccc1[N+](=O)[O-]. The van der Waals surface area contributed by atoms with Gasteiger partial charge in [0.05, 0.1) is 16.7 Å². The van der Waals surface area contributed by atoms with E-state index in [0.29, 0.717) is 22.5 Å². The van der Waals surface area contributed by atoms with E-state index < -0.39 is 4.92 Å². The molecule has 0 bridgehead atoms. The highest BCUT2D eigenvalue weighted by atomic mass is 16.6. The number of nitro groups is 1. The third-order valence-electron chi connectivity index (χ3n) is 2.73. The van der Waals surface area contributed by atoms with Gasteiger partial charge in [-0.3, -0.25) is 20.0 Å². The molecule has 0 aliphatic heterocycles. The number of aromatic nitrogens is 2. The summed E-state index contributed by atoms with van der Waals surface area (Å²) in [4.78, 5) is 22.2. The zero-order chi connectivity index (χ0) is 14.0. The molecule has 1 aromatic heterocycles. The number of anilines is 1. The van der Waals surface area contributed by atoms with E-state index in [0.717, 1.165) is 0 Å². The smallest absolute Gasteiger partial charge is 0.272 e. The Balaban J connectivity index is 2.21. The number of carbonyl (C=O) groups excluding carboxylic acids is 1. The molecule has 2 N–H and O–H groups in total. The molecule has 0 atom stereocenters. The van der Waals surface area contributed by atoms with Gasteiger partial charge in [-0.25, -0.2) is 0 Å². The lowest BCUT2D eigenvalue weighted by Gasteiger charge is -2.05. The van der Waals surface area contributed by atoms with Crippen molar-refractivity contribution in [3.05, 3.63) is 51.3 Å². The first-order chi connectivity index (χ1) is 8.99. The molecule has 0 aliphatic rings. The van der Waals surface area contributed by atoms with E-state index in [-0.39, 0.29) is 11.6 Å². The highest BCUT2D eigenvalue weighted by molar-refractivity contribution is 6.04. The maximum absolute atomic E-state index is 11.9. The molecule has 7 heteroatoms. The van der Waals surface area contributed by atoms with Gasteiger partial charge in [-0.05, 0) is 26.0 Å². The van der Waals surface area contributed by atoms with E-state index in [1.165, 1.54) is 18.3 Å². The Bertz CT molecular complexity index is 648. The van der Waals surface area contributed by atoms with Crippen molar-refractivity contribution in [1.82, 2.24) is 10.2 Å². The summed E-state index contributed by atoms with van der Waals surface area (Å²) in [6.07, 6.45) is 1.43. The van der Waals surface area contributed by atoms with Crippen LogP contribution in [0, 0.1) is 24.0 Å². The van der Waals surface area contributed by atoms with Crippen LogP contribution in [0.3, 0.4) is 0 Å². The fraction of sp³-hybridized carbons (Fsp3) is 0.167. The van der Waals surface area contributed by atoms with E-state index in [4.69, 9.17) is 0 Å². The van der Waals surface area contributed by atoms with Crippen LogP contribution < -0.4 is 5.32 Å². The molecule has 7 nitrogen and oxygen atoms in total. The van der Waals surface area contributed by atoms with Crippen molar-refractivity contribution in [2.24, 2.45) is 0 Å². The standard InChI is InChI=1S/C12H12N4O3/c1-7-5-9(3-4-11(7)16(18)19)14-12(17)10-6-13-15-8(10)2/h3-6H,1-2H3,(H,13,15)(H,14,17). The number of aryl methyl sites for hydroxylation is 2. The zero-order valence-electron chi connectivity index (χ0n) is 10.4. The summed E-state index contributed by atoms with van der Waals surface area (Å²) in [7, 11) is 0. The van der Waals surface area contributed by atoms with Gasteiger partial charge in [0.2, 0.25) is 0 Å². The first-order valence-electron chi connectivity index (χ1n) is 5.55. The fourth-order valence-electron chi connectivity index (χ4n) is 1.72. The van der Waals surface area contributed by atoms with Crippen molar-refractivity contribution >= 4 is 17.3 Å². The van der Waals surface area contributed by atoms with Crippen molar-refractivity contribution in [2.75, 3.05) is 5.32 Å². The van der Waals surface area contributed by atoms with Crippen LogP contribution in [0.25, 0.3) is 0 Å². The quantitative estimate of drug-likeness (QED) is 0.652. The Labute approximate surface area is 108 Å². The van der Waals surface area contributed by atoms with Gasteiger partial charge in [-0.1, -0.05) is 0 Å². The summed E-state index contributed by atoms with van der Waals surface area (Å²) >= 11 is 0. The largest absolute Gasteiger partial charge is 0.322 e. The van der Waals surface area contributed by atoms with Crippen LogP contribution in [0.15, 0.2) is 24.4 Å². The van der Waals surface area contributed by atoms with Crippen molar-refractivity contribution < 1.29 is 9.72 Å². The summed E-state index contributed by atoms with van der Waals surface area (Å²) < 4.78 is 0. The predicted molar refractivity (Wildman–Crippen MR) is 69.1 cm³/mol. The van der Waals surface area contributed by atoms with E-state index in [9.17, 15) is 14.9 Å². The Hall–Kier alpha value is -2.70. The van der Waals surface area contributed by atoms with Crippen molar-refractivity contribution in [3.8, 4) is 0 Å². The van der Waals surface area contributed by atoms with Crippen molar-refractivity contribution in [1.29, 1.82) is 0 Å². The number of nitrogens with zero attached hydrogens (tertiary/aromatic N) is 2. The van der Waals surface area contributed by atoms with Crippen molar-refractivity contribution in [3.63, 3.8) is 0 Å². The van der Waals surface area contributed by atoms with Crippen LogP contribution in [-0.4, -0.2) is 21.0 Å². The first-order valence-corrected chi connectivity index (χ1v) is 5.55. The van der Waals surface area contributed by atoms with Crippen LogP contribution in [0.1, 0.15) is 21.6 Å². The summed E-state index contributed by atoms with van der Waals surface area (Å²) in [6, 6.07) is 4.43. The fourth-order valence-corrected chi connectivity index (χ4v) is 1.72. The number of rotatable bonds is 3. The zero-order valence-corrected chi connectivity index (χ0v) is 10.4. The number of H-pyrrole nitrogens is 1. The normalized spacial score (nSPS) is 10.2. The van der Waals surface area contributed by atoms with Crippen LogP contribution in [0.5, 0.6) is 0 Å². The number of carbonyl (C=O) groups is 1. The van der Waals surface area contributed by atoms with Crippen LogP contribution in [0.2, 0.25) is 0 Å². The summed E-state index contributed by atoms with van der Waals surface area (Å²) in [6.45, 7) is 3.36. The molecule has 0 radical (unpaired) electrons. The highest BCUT2D eigenvalue weighted by Crippen LogP contribution is 2.22. The lowest BCUT2D eigenvalue weighted by molar-refractivity contribution is -0.385. The second kappa shape index (κ2) is 4.89. The van der Waals surface area contributed by atoms with Gasteiger partial charge in [0.15, 0.2) is 0 Å². The molecular weight excluding hydrogens is 248 g/mol. The topological polar surface area (TPSA) is 101 Å². The molecule has 1 aromatic carbocycles. The minimum absolute atomic E-state index is 0.0255. The number of aromatic amines is 1. The molecular formula is C12H12N4O3. The van der Waals surface area contributed by atoms with E-state index >= 15 is 0 Å². The molecule has 98 valence electrons.